The Kier molecular flexibility index (Phi) is 2.96. The minimum absolute atomic E-state index is 0.165. The van der Waals surface area contributed by atoms with Crippen molar-refractivity contribution in [2.45, 2.75) is 38.3 Å². The fraction of sp³-hybridized carbons (Fsp3) is 0.636. The first kappa shape index (κ1) is 11.1. The van der Waals surface area contributed by atoms with Gasteiger partial charge in [-0.3, -0.25) is 0 Å². The topological polar surface area (TPSA) is 70.1 Å². The zero-order chi connectivity index (χ0) is 11.6. The number of rotatable bonds is 4. The van der Waals surface area contributed by atoms with E-state index in [1.54, 1.807) is 17.8 Å². The van der Waals surface area contributed by atoms with E-state index in [9.17, 15) is 4.79 Å². The van der Waals surface area contributed by atoms with E-state index in [0.717, 1.165) is 12.8 Å². The molecule has 88 valence electrons. The fourth-order valence-corrected chi connectivity index (χ4v) is 1.95. The van der Waals surface area contributed by atoms with E-state index >= 15 is 0 Å². The molecule has 0 radical (unpaired) electrons. The monoisotopic (exact) mass is 223 g/mol. The molecule has 0 aliphatic heterocycles. The number of carbonyl (C=O) groups is 1. The average molecular weight is 223 g/mol. The number of esters is 1. The molecule has 2 rings (SSSR count). The number of hydrogen-bond donors (Lipinski definition) is 1. The van der Waals surface area contributed by atoms with E-state index < -0.39 is 0 Å². The van der Waals surface area contributed by atoms with Crippen LogP contribution in [0.5, 0.6) is 0 Å². The van der Waals surface area contributed by atoms with Crippen LogP contribution in [-0.4, -0.2) is 27.7 Å². The lowest BCUT2D eigenvalue weighted by Crippen LogP contribution is -2.50. The summed E-state index contributed by atoms with van der Waals surface area (Å²) >= 11 is 0. The van der Waals surface area contributed by atoms with Gasteiger partial charge in [0.1, 0.15) is 5.69 Å². The highest BCUT2D eigenvalue weighted by Gasteiger charge is 2.33. The Morgan fingerprint density at radius 3 is 3.00 bits per heavy atom. The zero-order valence-electron chi connectivity index (χ0n) is 9.48. The van der Waals surface area contributed by atoms with Gasteiger partial charge in [0.15, 0.2) is 0 Å². The Morgan fingerprint density at radius 2 is 2.44 bits per heavy atom. The van der Waals surface area contributed by atoms with E-state index in [0.29, 0.717) is 18.8 Å². The number of carbonyl (C=O) groups excluding carboxylic acids is 1. The van der Waals surface area contributed by atoms with Gasteiger partial charge < -0.3 is 15.0 Å². The largest absolute Gasteiger partial charge is 0.461 e. The van der Waals surface area contributed by atoms with Crippen molar-refractivity contribution in [1.29, 1.82) is 0 Å². The Hall–Kier alpha value is -1.36. The van der Waals surface area contributed by atoms with Gasteiger partial charge in [-0.25, -0.2) is 9.78 Å². The zero-order valence-corrected chi connectivity index (χ0v) is 9.48. The first-order valence-electron chi connectivity index (χ1n) is 5.61. The molecule has 0 unspecified atom stereocenters. The van der Waals surface area contributed by atoms with Gasteiger partial charge in [-0.2, -0.15) is 0 Å². The Morgan fingerprint density at radius 1 is 1.69 bits per heavy atom. The first-order valence-corrected chi connectivity index (χ1v) is 5.61. The van der Waals surface area contributed by atoms with Crippen LogP contribution in [-0.2, 0) is 11.3 Å². The third-order valence-corrected chi connectivity index (χ3v) is 3.03. The maximum Gasteiger partial charge on any atom is 0.356 e. The van der Waals surface area contributed by atoms with Crippen LogP contribution in [0.4, 0.5) is 0 Å². The van der Waals surface area contributed by atoms with E-state index in [-0.39, 0.29) is 11.5 Å². The molecule has 5 nitrogen and oxygen atoms in total. The van der Waals surface area contributed by atoms with Crippen LogP contribution in [0.15, 0.2) is 12.5 Å². The Labute approximate surface area is 94.6 Å². The second-order valence-corrected chi connectivity index (χ2v) is 4.34. The summed E-state index contributed by atoms with van der Waals surface area (Å²) in [6, 6.07) is 0. The average Bonchev–Trinajstić information content (AvgIpc) is 2.64. The van der Waals surface area contributed by atoms with E-state index in [4.69, 9.17) is 10.5 Å². The molecule has 1 heterocycles. The summed E-state index contributed by atoms with van der Waals surface area (Å²) in [6.07, 6.45) is 6.35. The molecule has 0 bridgehead atoms. The van der Waals surface area contributed by atoms with Crippen LogP contribution < -0.4 is 5.73 Å². The highest BCUT2D eigenvalue weighted by Crippen LogP contribution is 2.30. The Balaban J connectivity index is 2.09. The van der Waals surface area contributed by atoms with Gasteiger partial charge in [-0.05, 0) is 26.2 Å². The summed E-state index contributed by atoms with van der Waals surface area (Å²) in [5.74, 6) is -0.331. The molecule has 16 heavy (non-hydrogen) atoms. The summed E-state index contributed by atoms with van der Waals surface area (Å²) in [6.45, 7) is 2.80. The third-order valence-electron chi connectivity index (χ3n) is 3.03. The summed E-state index contributed by atoms with van der Waals surface area (Å²) in [4.78, 5) is 15.6. The lowest BCUT2D eigenvalue weighted by molar-refractivity contribution is 0.0510. The first-order chi connectivity index (χ1) is 7.64. The molecule has 0 saturated heterocycles. The molecular formula is C11H17N3O2. The van der Waals surface area contributed by atoms with Crippen molar-refractivity contribution in [2.24, 2.45) is 5.73 Å². The minimum Gasteiger partial charge on any atom is -0.461 e. The molecule has 5 heteroatoms. The molecule has 1 aliphatic rings. The number of aromatic nitrogens is 2. The standard InChI is InChI=1S/C11H17N3O2/c1-2-16-10(15)9-6-13-8-14(9)7-11(12)4-3-5-11/h6,8H,2-5,7,12H2,1H3. The lowest BCUT2D eigenvalue weighted by Gasteiger charge is -2.38. The smallest absolute Gasteiger partial charge is 0.356 e. The minimum atomic E-state index is -0.331. The highest BCUT2D eigenvalue weighted by molar-refractivity contribution is 5.87. The number of nitrogens with zero attached hydrogens (tertiary/aromatic N) is 2. The van der Waals surface area contributed by atoms with Gasteiger partial charge in [0, 0.05) is 12.1 Å². The van der Waals surface area contributed by atoms with Crippen molar-refractivity contribution >= 4 is 5.97 Å². The molecule has 1 saturated carbocycles. The highest BCUT2D eigenvalue weighted by atomic mass is 16.5. The molecule has 0 amide bonds. The molecule has 2 N–H and O–H groups in total. The normalized spacial score (nSPS) is 17.9. The number of hydrogen-bond acceptors (Lipinski definition) is 4. The summed E-state index contributed by atoms with van der Waals surface area (Å²) in [5.41, 5.74) is 6.46. The van der Waals surface area contributed by atoms with Crippen molar-refractivity contribution in [1.82, 2.24) is 9.55 Å². The maximum atomic E-state index is 11.6. The van der Waals surface area contributed by atoms with Crippen LogP contribution in [0.1, 0.15) is 36.7 Å². The quantitative estimate of drug-likeness (QED) is 0.771. The van der Waals surface area contributed by atoms with Crippen molar-refractivity contribution in [3.8, 4) is 0 Å². The van der Waals surface area contributed by atoms with Crippen molar-refractivity contribution < 1.29 is 9.53 Å². The predicted octanol–water partition coefficient (Wildman–Crippen LogP) is 0.941. The van der Waals surface area contributed by atoms with Gasteiger partial charge >= 0.3 is 5.97 Å². The number of nitrogens with two attached hydrogens (primary N) is 1. The van der Waals surface area contributed by atoms with Gasteiger partial charge in [0.05, 0.1) is 19.1 Å². The Bertz CT molecular complexity index is 382. The molecule has 0 aromatic carbocycles. The molecular weight excluding hydrogens is 206 g/mol. The van der Waals surface area contributed by atoms with Gasteiger partial charge in [-0.1, -0.05) is 0 Å². The number of imidazole rings is 1. The summed E-state index contributed by atoms with van der Waals surface area (Å²) in [7, 11) is 0. The van der Waals surface area contributed by atoms with Crippen molar-refractivity contribution in [3.05, 3.63) is 18.2 Å². The van der Waals surface area contributed by atoms with Crippen LogP contribution in [0.3, 0.4) is 0 Å². The van der Waals surface area contributed by atoms with E-state index in [1.165, 1.54) is 12.6 Å². The SMILES string of the molecule is CCOC(=O)c1cncn1CC1(N)CCC1. The second-order valence-electron chi connectivity index (χ2n) is 4.34. The summed E-state index contributed by atoms with van der Waals surface area (Å²) < 4.78 is 6.74. The molecule has 0 spiro atoms. The van der Waals surface area contributed by atoms with E-state index in [1.807, 2.05) is 0 Å². The van der Waals surface area contributed by atoms with Crippen LogP contribution in [0, 0.1) is 0 Å². The molecule has 1 aromatic heterocycles. The van der Waals surface area contributed by atoms with Crippen LogP contribution >= 0.6 is 0 Å². The van der Waals surface area contributed by atoms with Gasteiger partial charge in [-0.15, -0.1) is 0 Å². The second kappa shape index (κ2) is 4.25. The molecule has 0 atom stereocenters. The predicted molar refractivity (Wildman–Crippen MR) is 59.0 cm³/mol. The van der Waals surface area contributed by atoms with Crippen molar-refractivity contribution in [2.75, 3.05) is 6.61 Å². The third kappa shape index (κ3) is 2.09. The van der Waals surface area contributed by atoms with Crippen LogP contribution in [0.25, 0.3) is 0 Å². The summed E-state index contributed by atoms with van der Waals surface area (Å²) in [5, 5.41) is 0. The van der Waals surface area contributed by atoms with Gasteiger partial charge in [0.25, 0.3) is 0 Å². The van der Waals surface area contributed by atoms with E-state index in [2.05, 4.69) is 4.98 Å². The number of ether oxygens (including phenoxy) is 1. The molecule has 1 aliphatic carbocycles. The molecule has 1 aromatic rings. The fourth-order valence-electron chi connectivity index (χ4n) is 1.95. The molecule has 1 fully saturated rings. The lowest BCUT2D eigenvalue weighted by atomic mass is 9.77. The maximum absolute atomic E-state index is 11.6. The van der Waals surface area contributed by atoms with Gasteiger partial charge in [0.2, 0.25) is 0 Å². The van der Waals surface area contributed by atoms with Crippen molar-refractivity contribution in [3.63, 3.8) is 0 Å². The van der Waals surface area contributed by atoms with Crippen LogP contribution in [0.2, 0.25) is 0 Å².